The van der Waals surface area contributed by atoms with Crippen molar-refractivity contribution in [2.75, 3.05) is 11.2 Å². The Kier molecular flexibility index (Phi) is 5.83. The zero-order chi connectivity index (χ0) is 18.4. The Morgan fingerprint density at radius 1 is 1.44 bits per heavy atom. The van der Waals surface area contributed by atoms with Crippen LogP contribution in [0.25, 0.3) is 6.08 Å². The second-order valence-electron chi connectivity index (χ2n) is 4.93. The minimum atomic E-state index is -4.52. The number of nitriles is 1. The third-order valence-corrected chi connectivity index (χ3v) is 3.26. The second-order valence-corrected chi connectivity index (χ2v) is 5.31. The molecule has 0 aliphatic rings. The van der Waals surface area contributed by atoms with Crippen LogP contribution in [0.5, 0.6) is 0 Å². The Morgan fingerprint density at radius 2 is 2.20 bits per heavy atom. The van der Waals surface area contributed by atoms with Crippen molar-refractivity contribution in [2.24, 2.45) is 0 Å². The summed E-state index contributed by atoms with van der Waals surface area (Å²) in [5, 5.41) is 15.4. The van der Waals surface area contributed by atoms with Crippen LogP contribution in [-0.4, -0.2) is 21.6 Å². The van der Waals surface area contributed by atoms with Gasteiger partial charge in [0.05, 0.1) is 18.3 Å². The van der Waals surface area contributed by atoms with Crippen molar-refractivity contribution in [2.45, 2.75) is 12.7 Å². The quantitative estimate of drug-likeness (QED) is 0.497. The van der Waals surface area contributed by atoms with Crippen molar-refractivity contribution in [1.29, 1.82) is 5.26 Å². The minimum absolute atomic E-state index is 0.0567. The van der Waals surface area contributed by atoms with E-state index in [9.17, 15) is 18.0 Å². The number of nitrogens with zero attached hydrogens (tertiary/aromatic N) is 3. The standard InChI is InChI=1S/C16H12ClF3N4O/c17-4-5-24-10-11(9-22-24)6-12(8-21)15(25)23-14-3-1-2-13(7-14)16(18,19)20/h1-3,6-7,9-10H,4-5H2,(H,23,25)/b12-6-. The van der Waals surface area contributed by atoms with Crippen molar-refractivity contribution in [3.63, 3.8) is 0 Å². The predicted octanol–water partition coefficient (Wildman–Crippen LogP) is 3.69. The first-order valence-electron chi connectivity index (χ1n) is 7.02. The van der Waals surface area contributed by atoms with Crippen molar-refractivity contribution < 1.29 is 18.0 Å². The zero-order valence-electron chi connectivity index (χ0n) is 12.7. The topological polar surface area (TPSA) is 70.7 Å². The van der Waals surface area contributed by atoms with E-state index in [2.05, 4.69) is 10.4 Å². The van der Waals surface area contributed by atoms with E-state index in [0.717, 1.165) is 12.1 Å². The minimum Gasteiger partial charge on any atom is -0.321 e. The number of hydrogen-bond donors (Lipinski definition) is 1. The number of carbonyl (C=O) groups excluding carboxylic acids is 1. The Morgan fingerprint density at radius 3 is 2.84 bits per heavy atom. The number of aromatic nitrogens is 2. The summed E-state index contributed by atoms with van der Waals surface area (Å²) in [5.74, 6) is -0.460. The SMILES string of the molecule is N#C/C(=C/c1cnn(CCCl)c1)C(=O)Nc1cccc(C(F)(F)F)c1. The molecule has 0 radical (unpaired) electrons. The molecule has 0 aliphatic carbocycles. The summed E-state index contributed by atoms with van der Waals surface area (Å²) in [4.78, 5) is 12.1. The average molecular weight is 369 g/mol. The Balaban J connectivity index is 2.17. The van der Waals surface area contributed by atoms with Crippen LogP contribution in [-0.2, 0) is 17.5 Å². The number of halogens is 4. The van der Waals surface area contributed by atoms with Crippen LogP contribution in [0.3, 0.4) is 0 Å². The molecule has 0 bridgehead atoms. The van der Waals surface area contributed by atoms with Crippen molar-refractivity contribution >= 4 is 29.3 Å². The molecule has 0 saturated carbocycles. The number of nitrogens with one attached hydrogen (secondary N) is 1. The number of carbonyl (C=O) groups is 1. The predicted molar refractivity (Wildman–Crippen MR) is 86.6 cm³/mol. The van der Waals surface area contributed by atoms with Crippen LogP contribution in [0.4, 0.5) is 18.9 Å². The van der Waals surface area contributed by atoms with Gasteiger partial charge in [0.25, 0.3) is 5.91 Å². The van der Waals surface area contributed by atoms with Gasteiger partial charge < -0.3 is 5.32 Å². The first-order valence-corrected chi connectivity index (χ1v) is 7.56. The first kappa shape index (κ1) is 18.5. The lowest BCUT2D eigenvalue weighted by atomic mass is 10.1. The molecule has 0 atom stereocenters. The molecule has 9 heteroatoms. The molecule has 5 nitrogen and oxygen atoms in total. The van der Waals surface area contributed by atoms with Gasteiger partial charge in [-0.15, -0.1) is 11.6 Å². The molecule has 2 rings (SSSR count). The van der Waals surface area contributed by atoms with E-state index in [1.807, 2.05) is 0 Å². The fourth-order valence-corrected chi connectivity index (χ4v) is 2.12. The summed E-state index contributed by atoms with van der Waals surface area (Å²) in [5.41, 5.74) is -0.711. The molecule has 1 heterocycles. The molecule has 0 spiro atoms. The number of aryl methyl sites for hydroxylation is 1. The Hall–Kier alpha value is -2.79. The molecular formula is C16H12ClF3N4O. The lowest BCUT2D eigenvalue weighted by Gasteiger charge is -2.09. The summed E-state index contributed by atoms with van der Waals surface area (Å²) in [6.07, 6.45) is -0.189. The molecule has 0 fully saturated rings. The molecular weight excluding hydrogens is 357 g/mol. The van der Waals surface area contributed by atoms with Gasteiger partial charge >= 0.3 is 6.18 Å². The van der Waals surface area contributed by atoms with Gasteiger partial charge in [0.1, 0.15) is 11.6 Å². The summed E-state index contributed by atoms with van der Waals surface area (Å²) in [6.45, 7) is 0.466. The third-order valence-electron chi connectivity index (χ3n) is 3.09. The van der Waals surface area contributed by atoms with Gasteiger partial charge in [-0.05, 0) is 24.3 Å². The fraction of sp³-hybridized carbons (Fsp3) is 0.188. The molecule has 0 saturated heterocycles. The van der Waals surface area contributed by atoms with E-state index < -0.39 is 17.6 Å². The molecule has 1 N–H and O–H groups in total. The maximum atomic E-state index is 12.7. The van der Waals surface area contributed by atoms with Crippen molar-refractivity contribution in [1.82, 2.24) is 9.78 Å². The summed E-state index contributed by atoms with van der Waals surface area (Å²) in [6, 6.07) is 5.89. The van der Waals surface area contributed by atoms with Gasteiger partial charge in [0.2, 0.25) is 0 Å². The highest BCUT2D eigenvalue weighted by Gasteiger charge is 2.30. The molecule has 25 heavy (non-hydrogen) atoms. The van der Waals surface area contributed by atoms with Gasteiger partial charge in [0, 0.05) is 23.3 Å². The van der Waals surface area contributed by atoms with Gasteiger partial charge in [-0.25, -0.2) is 0 Å². The lowest BCUT2D eigenvalue weighted by Crippen LogP contribution is -2.14. The molecule has 2 aromatic rings. The van der Waals surface area contributed by atoms with E-state index in [0.29, 0.717) is 18.0 Å². The molecule has 0 aliphatic heterocycles. The molecule has 130 valence electrons. The van der Waals surface area contributed by atoms with E-state index in [-0.39, 0.29) is 11.3 Å². The summed E-state index contributed by atoms with van der Waals surface area (Å²) in [7, 11) is 0. The van der Waals surface area contributed by atoms with Crippen molar-refractivity contribution in [3.05, 3.63) is 53.4 Å². The van der Waals surface area contributed by atoms with Crippen LogP contribution in [0.1, 0.15) is 11.1 Å². The highest BCUT2D eigenvalue weighted by Crippen LogP contribution is 2.30. The highest BCUT2D eigenvalue weighted by atomic mass is 35.5. The van der Waals surface area contributed by atoms with E-state index in [4.69, 9.17) is 16.9 Å². The maximum Gasteiger partial charge on any atom is 0.416 e. The number of hydrogen-bond acceptors (Lipinski definition) is 3. The highest BCUT2D eigenvalue weighted by molar-refractivity contribution is 6.17. The Labute approximate surface area is 146 Å². The smallest absolute Gasteiger partial charge is 0.321 e. The molecule has 0 unspecified atom stereocenters. The number of alkyl halides is 4. The molecule has 1 aromatic heterocycles. The molecule has 1 amide bonds. The van der Waals surface area contributed by atoms with Crippen molar-refractivity contribution in [3.8, 4) is 6.07 Å². The van der Waals surface area contributed by atoms with Crippen LogP contribution >= 0.6 is 11.6 Å². The van der Waals surface area contributed by atoms with Gasteiger partial charge in [-0.2, -0.15) is 23.5 Å². The maximum absolute atomic E-state index is 12.7. The van der Waals surface area contributed by atoms with Crippen LogP contribution in [0.2, 0.25) is 0 Å². The van der Waals surface area contributed by atoms with Gasteiger partial charge in [0.15, 0.2) is 0 Å². The molecule has 1 aromatic carbocycles. The zero-order valence-corrected chi connectivity index (χ0v) is 13.5. The monoisotopic (exact) mass is 368 g/mol. The normalized spacial score (nSPS) is 11.9. The van der Waals surface area contributed by atoms with Crippen LogP contribution in [0.15, 0.2) is 42.2 Å². The number of amides is 1. The van der Waals surface area contributed by atoms with Crippen LogP contribution < -0.4 is 5.32 Å². The Bertz CT molecular complexity index is 836. The average Bonchev–Trinajstić information content (AvgIpc) is 2.99. The largest absolute Gasteiger partial charge is 0.416 e. The first-order chi connectivity index (χ1) is 11.8. The lowest BCUT2D eigenvalue weighted by molar-refractivity contribution is -0.137. The van der Waals surface area contributed by atoms with Gasteiger partial charge in [-0.1, -0.05) is 6.07 Å². The third kappa shape index (κ3) is 5.09. The van der Waals surface area contributed by atoms with Gasteiger partial charge in [-0.3, -0.25) is 9.48 Å². The summed E-state index contributed by atoms with van der Waals surface area (Å²) < 4.78 is 39.6. The second kappa shape index (κ2) is 7.85. The summed E-state index contributed by atoms with van der Waals surface area (Å²) >= 11 is 5.59. The number of benzene rings is 1. The van der Waals surface area contributed by atoms with E-state index in [1.165, 1.54) is 24.4 Å². The number of anilines is 1. The van der Waals surface area contributed by atoms with Crippen LogP contribution in [0, 0.1) is 11.3 Å². The van der Waals surface area contributed by atoms with E-state index >= 15 is 0 Å². The fourth-order valence-electron chi connectivity index (χ4n) is 1.95. The van der Waals surface area contributed by atoms with E-state index in [1.54, 1.807) is 16.9 Å². The number of rotatable bonds is 5.